The SMILES string of the molecule is Cc1ccncc1NC(=O)N1CCCCC[C@H]1c1noc(C(C)C)n1. The minimum absolute atomic E-state index is 0.140. The largest absolute Gasteiger partial charge is 0.339 e. The van der Waals surface area contributed by atoms with Crippen molar-refractivity contribution in [1.82, 2.24) is 20.0 Å². The van der Waals surface area contributed by atoms with Gasteiger partial charge >= 0.3 is 6.03 Å². The minimum atomic E-state index is -0.157. The van der Waals surface area contributed by atoms with Gasteiger partial charge in [-0.3, -0.25) is 4.98 Å². The van der Waals surface area contributed by atoms with E-state index in [2.05, 4.69) is 20.4 Å². The Balaban J connectivity index is 1.82. The first-order valence-corrected chi connectivity index (χ1v) is 8.88. The molecule has 1 aliphatic heterocycles. The molecular weight excluding hydrogens is 318 g/mol. The molecule has 2 aromatic heterocycles. The summed E-state index contributed by atoms with van der Waals surface area (Å²) in [5.41, 5.74) is 1.71. The Morgan fingerprint density at radius 3 is 2.92 bits per heavy atom. The fourth-order valence-corrected chi connectivity index (χ4v) is 3.02. The summed E-state index contributed by atoms with van der Waals surface area (Å²) in [5, 5.41) is 7.12. The summed E-state index contributed by atoms with van der Waals surface area (Å²) in [5.74, 6) is 1.39. The van der Waals surface area contributed by atoms with Crippen molar-refractivity contribution in [3.63, 3.8) is 0 Å². The van der Waals surface area contributed by atoms with Gasteiger partial charge in [-0.05, 0) is 31.4 Å². The number of amides is 2. The van der Waals surface area contributed by atoms with Crippen LogP contribution in [0.2, 0.25) is 0 Å². The maximum atomic E-state index is 12.9. The summed E-state index contributed by atoms with van der Waals surface area (Å²) in [7, 11) is 0. The zero-order chi connectivity index (χ0) is 17.8. The van der Waals surface area contributed by atoms with Gasteiger partial charge in [-0.15, -0.1) is 0 Å². The van der Waals surface area contributed by atoms with E-state index in [0.29, 0.717) is 18.3 Å². The third-order valence-corrected chi connectivity index (χ3v) is 4.54. The van der Waals surface area contributed by atoms with E-state index < -0.39 is 0 Å². The van der Waals surface area contributed by atoms with Gasteiger partial charge in [0.1, 0.15) is 0 Å². The fourth-order valence-electron chi connectivity index (χ4n) is 3.02. The van der Waals surface area contributed by atoms with Gasteiger partial charge in [0.15, 0.2) is 5.82 Å². The number of likely N-dealkylation sites (tertiary alicyclic amines) is 1. The summed E-state index contributed by atoms with van der Waals surface area (Å²) in [4.78, 5) is 23.3. The molecular formula is C18H25N5O2. The Morgan fingerprint density at radius 1 is 1.36 bits per heavy atom. The predicted octanol–water partition coefficient (Wildman–Crippen LogP) is 4.05. The minimum Gasteiger partial charge on any atom is -0.339 e. The molecule has 0 aliphatic carbocycles. The van der Waals surface area contributed by atoms with Gasteiger partial charge in [-0.2, -0.15) is 4.98 Å². The molecule has 7 nitrogen and oxygen atoms in total. The van der Waals surface area contributed by atoms with Gasteiger partial charge in [-0.1, -0.05) is 31.8 Å². The van der Waals surface area contributed by atoms with E-state index in [-0.39, 0.29) is 18.0 Å². The first-order valence-electron chi connectivity index (χ1n) is 8.88. The lowest BCUT2D eigenvalue weighted by atomic mass is 10.1. The average Bonchev–Trinajstić information content (AvgIpc) is 2.95. The van der Waals surface area contributed by atoms with E-state index in [9.17, 15) is 4.79 Å². The second-order valence-corrected chi connectivity index (χ2v) is 6.82. The summed E-state index contributed by atoms with van der Waals surface area (Å²) >= 11 is 0. The number of rotatable bonds is 3. The van der Waals surface area contributed by atoms with Crippen LogP contribution in [0.4, 0.5) is 10.5 Å². The van der Waals surface area contributed by atoms with Crippen molar-refractivity contribution in [3.8, 4) is 0 Å². The Hall–Kier alpha value is -2.44. The summed E-state index contributed by atoms with van der Waals surface area (Å²) in [6, 6.07) is 1.58. The topological polar surface area (TPSA) is 84.2 Å². The number of urea groups is 1. The molecule has 7 heteroatoms. The van der Waals surface area contributed by atoms with Gasteiger partial charge in [0.2, 0.25) is 5.89 Å². The molecule has 0 saturated carbocycles. The number of pyridine rings is 1. The normalized spacial score (nSPS) is 18.2. The van der Waals surface area contributed by atoms with Crippen molar-refractivity contribution >= 4 is 11.7 Å². The van der Waals surface area contributed by atoms with Gasteiger partial charge < -0.3 is 14.7 Å². The second-order valence-electron chi connectivity index (χ2n) is 6.82. The van der Waals surface area contributed by atoms with Crippen LogP contribution in [-0.4, -0.2) is 32.6 Å². The number of nitrogens with zero attached hydrogens (tertiary/aromatic N) is 4. The van der Waals surface area contributed by atoms with Crippen LogP contribution >= 0.6 is 0 Å². The maximum Gasteiger partial charge on any atom is 0.322 e. The molecule has 1 aliphatic rings. The van der Waals surface area contributed by atoms with Gasteiger partial charge in [0, 0.05) is 18.7 Å². The molecule has 3 rings (SSSR count). The Morgan fingerprint density at radius 2 is 2.20 bits per heavy atom. The van der Waals surface area contributed by atoms with Crippen LogP contribution in [0, 0.1) is 6.92 Å². The predicted molar refractivity (Wildman–Crippen MR) is 94.3 cm³/mol. The number of nitrogens with one attached hydrogen (secondary N) is 1. The van der Waals surface area contributed by atoms with Crippen molar-refractivity contribution in [1.29, 1.82) is 0 Å². The van der Waals surface area contributed by atoms with Crippen LogP contribution in [0.3, 0.4) is 0 Å². The van der Waals surface area contributed by atoms with Crippen molar-refractivity contribution in [3.05, 3.63) is 35.7 Å². The van der Waals surface area contributed by atoms with Crippen LogP contribution < -0.4 is 5.32 Å². The number of hydrogen-bond donors (Lipinski definition) is 1. The molecule has 1 N–H and O–H groups in total. The number of aryl methyl sites for hydroxylation is 1. The Bertz CT molecular complexity index is 728. The van der Waals surface area contributed by atoms with Gasteiger partial charge in [0.05, 0.1) is 17.9 Å². The molecule has 1 fully saturated rings. The molecule has 0 aromatic carbocycles. The van der Waals surface area contributed by atoms with E-state index >= 15 is 0 Å². The van der Waals surface area contributed by atoms with Crippen molar-refractivity contribution < 1.29 is 9.32 Å². The first-order chi connectivity index (χ1) is 12.1. The smallest absolute Gasteiger partial charge is 0.322 e. The molecule has 0 radical (unpaired) electrons. The standard InChI is InChI=1S/C18H25N5O2/c1-12(2)17-21-16(22-25-17)15-7-5-4-6-10-23(15)18(24)20-14-11-19-9-8-13(14)3/h8-9,11-12,15H,4-7,10H2,1-3H3,(H,20,24)/t15-/m0/s1. The van der Waals surface area contributed by atoms with Gasteiger partial charge in [-0.25, -0.2) is 4.79 Å². The highest BCUT2D eigenvalue weighted by Crippen LogP contribution is 2.30. The van der Waals surface area contributed by atoms with Crippen molar-refractivity contribution in [2.45, 2.75) is 58.4 Å². The quantitative estimate of drug-likeness (QED) is 0.909. The molecule has 1 atom stereocenters. The van der Waals surface area contributed by atoms with E-state index in [1.807, 2.05) is 31.7 Å². The Labute approximate surface area is 147 Å². The first kappa shape index (κ1) is 17.4. The molecule has 25 heavy (non-hydrogen) atoms. The lowest BCUT2D eigenvalue weighted by Crippen LogP contribution is -2.38. The highest BCUT2D eigenvalue weighted by atomic mass is 16.5. The van der Waals surface area contributed by atoms with Crippen LogP contribution in [-0.2, 0) is 0 Å². The second kappa shape index (κ2) is 7.63. The maximum absolute atomic E-state index is 12.9. The Kier molecular flexibility index (Phi) is 5.31. The monoisotopic (exact) mass is 343 g/mol. The van der Waals surface area contributed by atoms with Gasteiger partial charge in [0.25, 0.3) is 0 Å². The lowest BCUT2D eigenvalue weighted by Gasteiger charge is -2.28. The number of aromatic nitrogens is 3. The number of carbonyl (C=O) groups excluding carboxylic acids is 1. The fraction of sp³-hybridized carbons (Fsp3) is 0.556. The molecule has 0 spiro atoms. The molecule has 2 aromatic rings. The molecule has 134 valence electrons. The summed E-state index contributed by atoms with van der Waals surface area (Å²) < 4.78 is 5.36. The summed E-state index contributed by atoms with van der Waals surface area (Å²) in [6.07, 6.45) is 7.35. The number of hydrogen-bond acceptors (Lipinski definition) is 5. The molecule has 1 saturated heterocycles. The molecule has 0 unspecified atom stereocenters. The van der Waals surface area contributed by atoms with Crippen LogP contribution in [0.15, 0.2) is 23.0 Å². The van der Waals surface area contributed by atoms with E-state index in [1.165, 1.54) is 0 Å². The summed E-state index contributed by atoms with van der Waals surface area (Å²) in [6.45, 7) is 6.66. The van der Waals surface area contributed by atoms with Crippen LogP contribution in [0.5, 0.6) is 0 Å². The van der Waals surface area contributed by atoms with Crippen LogP contribution in [0.1, 0.15) is 68.8 Å². The average molecular weight is 343 g/mol. The van der Waals surface area contributed by atoms with E-state index in [4.69, 9.17) is 4.52 Å². The number of carbonyl (C=O) groups is 1. The molecule has 2 amide bonds. The third kappa shape index (κ3) is 3.97. The molecule has 3 heterocycles. The zero-order valence-electron chi connectivity index (χ0n) is 15.0. The van der Waals surface area contributed by atoms with Crippen molar-refractivity contribution in [2.24, 2.45) is 0 Å². The molecule has 0 bridgehead atoms. The lowest BCUT2D eigenvalue weighted by molar-refractivity contribution is 0.184. The number of anilines is 1. The van der Waals surface area contributed by atoms with Crippen LogP contribution in [0.25, 0.3) is 0 Å². The zero-order valence-corrected chi connectivity index (χ0v) is 15.0. The highest BCUT2D eigenvalue weighted by molar-refractivity contribution is 5.90. The van der Waals surface area contributed by atoms with E-state index in [1.54, 1.807) is 12.4 Å². The third-order valence-electron chi connectivity index (χ3n) is 4.54. The highest BCUT2D eigenvalue weighted by Gasteiger charge is 2.31. The van der Waals surface area contributed by atoms with E-state index in [0.717, 1.165) is 36.9 Å². The van der Waals surface area contributed by atoms with Crippen molar-refractivity contribution in [2.75, 3.05) is 11.9 Å².